The van der Waals surface area contributed by atoms with Crippen LogP contribution in [0.15, 0.2) is 12.3 Å². The fraction of sp³-hybridized carbons (Fsp3) is 0.714. The number of β-amino-alcohol motifs (C(OH)–C–C–N with tert-alkyl or cyclic N) is 1. The number of nitrogens with zero attached hydrogens (tertiary/aromatic N) is 4. The number of morpholine rings is 1. The van der Waals surface area contributed by atoms with Gasteiger partial charge in [-0.2, -0.15) is 5.10 Å². The molecule has 21 heavy (non-hydrogen) atoms. The molecule has 1 N–H and O–H groups in total. The van der Waals surface area contributed by atoms with Crippen molar-refractivity contribution in [1.29, 1.82) is 0 Å². The molecule has 0 aliphatic carbocycles. The highest BCUT2D eigenvalue weighted by Gasteiger charge is 2.40. The van der Waals surface area contributed by atoms with Gasteiger partial charge < -0.3 is 14.7 Å². The number of carbonyl (C=O) groups excluding carboxylic acids is 1. The molecule has 7 heteroatoms. The highest BCUT2D eigenvalue weighted by atomic mass is 16.5. The molecule has 0 radical (unpaired) electrons. The Kier molecular flexibility index (Phi) is 3.97. The van der Waals surface area contributed by atoms with Crippen LogP contribution in [0, 0.1) is 0 Å². The number of amides is 1. The maximum absolute atomic E-state index is 12.4. The van der Waals surface area contributed by atoms with E-state index in [0.29, 0.717) is 45.0 Å². The van der Waals surface area contributed by atoms with Crippen LogP contribution in [0.3, 0.4) is 0 Å². The molecule has 0 unspecified atom stereocenters. The van der Waals surface area contributed by atoms with Gasteiger partial charge in [0.2, 0.25) is 0 Å². The molecule has 3 rings (SSSR count). The lowest BCUT2D eigenvalue weighted by Crippen LogP contribution is -2.49. The van der Waals surface area contributed by atoms with Crippen molar-refractivity contribution in [3.63, 3.8) is 0 Å². The van der Waals surface area contributed by atoms with Gasteiger partial charge in [-0.25, -0.2) is 0 Å². The molecule has 0 saturated carbocycles. The van der Waals surface area contributed by atoms with Crippen molar-refractivity contribution in [2.75, 3.05) is 45.9 Å². The minimum Gasteiger partial charge on any atom is -0.387 e. The third kappa shape index (κ3) is 3.09. The summed E-state index contributed by atoms with van der Waals surface area (Å²) in [6.45, 7) is 4.70. The van der Waals surface area contributed by atoms with E-state index in [0.717, 1.165) is 13.1 Å². The Morgan fingerprint density at radius 2 is 2.19 bits per heavy atom. The largest absolute Gasteiger partial charge is 0.387 e. The number of hydrogen-bond acceptors (Lipinski definition) is 5. The second-order valence-electron chi connectivity index (χ2n) is 5.93. The normalized spacial score (nSPS) is 27.2. The van der Waals surface area contributed by atoms with E-state index in [4.69, 9.17) is 4.74 Å². The second kappa shape index (κ2) is 5.75. The van der Waals surface area contributed by atoms with E-state index in [1.165, 1.54) is 0 Å². The van der Waals surface area contributed by atoms with Crippen LogP contribution >= 0.6 is 0 Å². The smallest absolute Gasteiger partial charge is 0.272 e. The number of hydrogen-bond donors (Lipinski definition) is 1. The van der Waals surface area contributed by atoms with E-state index in [1.807, 2.05) is 0 Å². The third-order valence-corrected chi connectivity index (χ3v) is 4.28. The minimum absolute atomic E-state index is 0.0621. The van der Waals surface area contributed by atoms with Crippen LogP contribution in [0.2, 0.25) is 0 Å². The van der Waals surface area contributed by atoms with Crippen molar-refractivity contribution < 1.29 is 14.6 Å². The molecule has 7 nitrogen and oxygen atoms in total. The number of aromatic nitrogens is 2. The van der Waals surface area contributed by atoms with Gasteiger partial charge in [-0.3, -0.25) is 14.4 Å². The zero-order valence-electron chi connectivity index (χ0n) is 12.4. The molecule has 0 bridgehead atoms. The van der Waals surface area contributed by atoms with Gasteiger partial charge in [0.15, 0.2) is 0 Å². The molecule has 116 valence electrons. The highest BCUT2D eigenvalue weighted by Crippen LogP contribution is 2.24. The maximum atomic E-state index is 12.4. The Morgan fingerprint density at radius 3 is 2.86 bits per heavy atom. The number of likely N-dealkylation sites (tertiary alicyclic amines) is 1. The predicted molar refractivity (Wildman–Crippen MR) is 75.9 cm³/mol. The molecule has 2 aliphatic rings. The lowest BCUT2D eigenvalue weighted by molar-refractivity contribution is -0.0257. The summed E-state index contributed by atoms with van der Waals surface area (Å²) in [5.41, 5.74) is -0.253. The quantitative estimate of drug-likeness (QED) is 0.800. The van der Waals surface area contributed by atoms with Gasteiger partial charge in [0.05, 0.1) is 25.4 Å². The molecular formula is C14H22N4O3. The van der Waals surface area contributed by atoms with Gasteiger partial charge in [-0.15, -0.1) is 0 Å². The molecule has 1 amide bonds. The molecule has 2 aliphatic heterocycles. The zero-order chi connectivity index (χ0) is 14.9. The standard InChI is InChI=1S/C14H22N4O3/c1-16-12(2-4-15-16)13(19)18-5-3-14(20,11-18)10-17-6-8-21-9-7-17/h2,4,20H,3,5-11H2,1H3/t14-/m0/s1. The van der Waals surface area contributed by atoms with Gasteiger partial charge in [0.1, 0.15) is 5.69 Å². The van der Waals surface area contributed by atoms with Crippen LogP contribution in [-0.2, 0) is 11.8 Å². The predicted octanol–water partition coefficient (Wildman–Crippen LogP) is -0.671. The molecule has 1 atom stereocenters. The van der Waals surface area contributed by atoms with Crippen molar-refractivity contribution in [1.82, 2.24) is 19.6 Å². The highest BCUT2D eigenvalue weighted by molar-refractivity contribution is 5.92. The number of aliphatic hydroxyl groups is 1. The van der Waals surface area contributed by atoms with E-state index in [2.05, 4.69) is 10.00 Å². The van der Waals surface area contributed by atoms with E-state index in [9.17, 15) is 9.90 Å². The van der Waals surface area contributed by atoms with Crippen molar-refractivity contribution in [3.8, 4) is 0 Å². The molecular weight excluding hydrogens is 272 g/mol. The van der Waals surface area contributed by atoms with Gasteiger partial charge in [-0.05, 0) is 12.5 Å². The lowest BCUT2D eigenvalue weighted by atomic mass is 10.0. The van der Waals surface area contributed by atoms with Crippen molar-refractivity contribution in [2.45, 2.75) is 12.0 Å². The van der Waals surface area contributed by atoms with E-state index in [-0.39, 0.29) is 5.91 Å². The first kappa shape index (κ1) is 14.5. The summed E-state index contributed by atoms with van der Waals surface area (Å²) in [6, 6.07) is 1.71. The van der Waals surface area contributed by atoms with Crippen molar-refractivity contribution in [2.24, 2.45) is 7.05 Å². The molecule has 3 heterocycles. The molecule has 2 saturated heterocycles. The van der Waals surface area contributed by atoms with Crippen LogP contribution in [0.25, 0.3) is 0 Å². The SMILES string of the molecule is Cn1nccc1C(=O)N1CC[C@](O)(CN2CCOCC2)C1. The Morgan fingerprint density at radius 1 is 1.43 bits per heavy atom. The number of ether oxygens (including phenoxy) is 1. The van der Waals surface area contributed by atoms with Crippen LogP contribution in [0.1, 0.15) is 16.9 Å². The number of carbonyl (C=O) groups is 1. The van der Waals surface area contributed by atoms with Gasteiger partial charge in [-0.1, -0.05) is 0 Å². The van der Waals surface area contributed by atoms with E-state index >= 15 is 0 Å². The first-order valence-corrected chi connectivity index (χ1v) is 7.37. The van der Waals surface area contributed by atoms with Gasteiger partial charge >= 0.3 is 0 Å². The Hall–Kier alpha value is -1.44. The maximum Gasteiger partial charge on any atom is 0.272 e. The van der Waals surface area contributed by atoms with Crippen molar-refractivity contribution in [3.05, 3.63) is 18.0 Å². The second-order valence-corrected chi connectivity index (χ2v) is 5.93. The summed E-state index contributed by atoms with van der Waals surface area (Å²) in [4.78, 5) is 16.4. The topological polar surface area (TPSA) is 70.8 Å². The molecule has 0 spiro atoms. The first-order chi connectivity index (χ1) is 10.1. The van der Waals surface area contributed by atoms with Gasteiger partial charge in [0.25, 0.3) is 5.91 Å². The van der Waals surface area contributed by atoms with Crippen LogP contribution < -0.4 is 0 Å². The Labute approximate surface area is 124 Å². The summed E-state index contributed by atoms with van der Waals surface area (Å²) in [5, 5.41) is 14.8. The molecule has 0 aromatic carbocycles. The number of aryl methyl sites for hydroxylation is 1. The Bertz CT molecular complexity index is 512. The van der Waals surface area contributed by atoms with E-state index < -0.39 is 5.60 Å². The average Bonchev–Trinajstić information content (AvgIpc) is 3.06. The monoisotopic (exact) mass is 294 g/mol. The van der Waals surface area contributed by atoms with E-state index in [1.54, 1.807) is 28.9 Å². The van der Waals surface area contributed by atoms with Gasteiger partial charge in [0, 0.05) is 39.4 Å². The summed E-state index contributed by atoms with van der Waals surface area (Å²) in [7, 11) is 1.75. The van der Waals surface area contributed by atoms with Crippen molar-refractivity contribution >= 4 is 5.91 Å². The summed E-state index contributed by atoms with van der Waals surface area (Å²) < 4.78 is 6.89. The number of rotatable bonds is 3. The van der Waals surface area contributed by atoms with Crippen LogP contribution in [-0.4, -0.2) is 82.1 Å². The fourth-order valence-corrected chi connectivity index (χ4v) is 3.08. The lowest BCUT2D eigenvalue weighted by Gasteiger charge is -2.33. The zero-order valence-corrected chi connectivity index (χ0v) is 12.4. The summed E-state index contributed by atoms with van der Waals surface area (Å²) in [5.74, 6) is -0.0621. The molecule has 1 aromatic rings. The minimum atomic E-state index is -0.814. The molecule has 1 aromatic heterocycles. The fourth-order valence-electron chi connectivity index (χ4n) is 3.08. The van der Waals surface area contributed by atoms with Crippen LogP contribution in [0.4, 0.5) is 0 Å². The third-order valence-electron chi connectivity index (χ3n) is 4.28. The first-order valence-electron chi connectivity index (χ1n) is 7.37. The van der Waals surface area contributed by atoms with Crippen LogP contribution in [0.5, 0.6) is 0 Å². The molecule has 2 fully saturated rings. The average molecular weight is 294 g/mol. The Balaban J connectivity index is 1.61. The summed E-state index contributed by atoms with van der Waals surface area (Å²) >= 11 is 0. The summed E-state index contributed by atoms with van der Waals surface area (Å²) in [6.07, 6.45) is 2.23.